The highest BCUT2D eigenvalue weighted by molar-refractivity contribution is 5.93. The molecule has 0 saturated heterocycles. The maximum atomic E-state index is 13.0. The Labute approximate surface area is 189 Å². The van der Waals surface area contributed by atoms with Gasteiger partial charge in [0.15, 0.2) is 0 Å². The molecule has 0 fully saturated rings. The van der Waals surface area contributed by atoms with Crippen LogP contribution in [0.15, 0.2) is 77.9 Å². The Kier molecular flexibility index (Phi) is 6.54. The minimum absolute atomic E-state index is 0.247. The molecule has 2 aromatic heterocycles. The summed E-state index contributed by atoms with van der Waals surface area (Å²) in [6, 6.07) is 17.4. The van der Waals surface area contributed by atoms with Gasteiger partial charge in [-0.1, -0.05) is 24.3 Å². The number of ether oxygens (including phenoxy) is 1. The lowest BCUT2D eigenvalue weighted by molar-refractivity contribution is -0.117. The second kappa shape index (κ2) is 9.86. The lowest BCUT2D eigenvalue weighted by Crippen LogP contribution is -2.30. The van der Waals surface area contributed by atoms with E-state index < -0.39 is 11.9 Å². The highest BCUT2D eigenvalue weighted by Gasteiger charge is 2.14. The molecule has 8 nitrogen and oxygen atoms in total. The van der Waals surface area contributed by atoms with Crippen molar-refractivity contribution in [2.45, 2.75) is 19.9 Å². The molecule has 0 aliphatic carbocycles. The molecule has 4 aromatic rings. The van der Waals surface area contributed by atoms with Crippen molar-refractivity contribution < 1.29 is 14.3 Å². The molecule has 166 valence electrons. The Morgan fingerprint density at radius 2 is 1.76 bits per heavy atom. The molecule has 0 saturated carbocycles. The number of carbonyl (C=O) groups excluding carboxylic acids is 2. The average molecular weight is 442 g/mol. The zero-order valence-electron chi connectivity index (χ0n) is 18.0. The van der Waals surface area contributed by atoms with Crippen LogP contribution >= 0.6 is 0 Å². The van der Waals surface area contributed by atoms with Crippen molar-refractivity contribution in [3.05, 3.63) is 100 Å². The van der Waals surface area contributed by atoms with Crippen LogP contribution in [0.25, 0.3) is 10.8 Å². The maximum Gasteiger partial charge on any atom is 0.338 e. The summed E-state index contributed by atoms with van der Waals surface area (Å²) in [4.78, 5) is 41.5. The van der Waals surface area contributed by atoms with Gasteiger partial charge < -0.3 is 10.1 Å². The third-order valence-electron chi connectivity index (χ3n) is 5.01. The van der Waals surface area contributed by atoms with Crippen LogP contribution in [0, 0.1) is 0 Å². The molecule has 0 aliphatic rings. The largest absolute Gasteiger partial charge is 0.462 e. The zero-order valence-corrected chi connectivity index (χ0v) is 18.0. The van der Waals surface area contributed by atoms with E-state index in [0.717, 1.165) is 10.9 Å². The van der Waals surface area contributed by atoms with Gasteiger partial charge in [0.1, 0.15) is 6.54 Å². The summed E-state index contributed by atoms with van der Waals surface area (Å²) in [7, 11) is 0. The van der Waals surface area contributed by atoms with Gasteiger partial charge in [-0.3, -0.25) is 14.6 Å². The molecule has 33 heavy (non-hydrogen) atoms. The quantitative estimate of drug-likeness (QED) is 0.441. The van der Waals surface area contributed by atoms with Gasteiger partial charge in [-0.05, 0) is 48.9 Å². The Hall–Kier alpha value is -4.33. The third-order valence-corrected chi connectivity index (χ3v) is 5.01. The number of nitrogens with zero attached hydrogens (tertiary/aromatic N) is 3. The molecular weight excluding hydrogens is 420 g/mol. The van der Waals surface area contributed by atoms with Gasteiger partial charge in [0.25, 0.3) is 5.56 Å². The average Bonchev–Trinajstić information content (AvgIpc) is 2.83. The monoisotopic (exact) mass is 442 g/mol. The molecule has 0 bridgehead atoms. The number of nitrogens with one attached hydrogen (secondary N) is 1. The molecule has 1 amide bonds. The lowest BCUT2D eigenvalue weighted by atomic mass is 10.1. The van der Waals surface area contributed by atoms with E-state index in [4.69, 9.17) is 4.74 Å². The molecule has 0 radical (unpaired) electrons. The van der Waals surface area contributed by atoms with E-state index in [9.17, 15) is 14.4 Å². The van der Waals surface area contributed by atoms with Gasteiger partial charge in [-0.15, -0.1) is 0 Å². The lowest BCUT2D eigenvalue weighted by Gasteiger charge is -2.12. The first-order valence-corrected chi connectivity index (χ1v) is 10.5. The van der Waals surface area contributed by atoms with Crippen molar-refractivity contribution in [2.24, 2.45) is 0 Å². The predicted molar refractivity (Wildman–Crippen MR) is 124 cm³/mol. The number of anilines is 1. The van der Waals surface area contributed by atoms with E-state index in [-0.39, 0.29) is 18.7 Å². The molecule has 0 atom stereocenters. The van der Waals surface area contributed by atoms with Crippen LogP contribution in [-0.4, -0.2) is 33.2 Å². The summed E-state index contributed by atoms with van der Waals surface area (Å²) in [5.74, 6) is -0.834. The van der Waals surface area contributed by atoms with Crippen LogP contribution in [0.5, 0.6) is 0 Å². The van der Waals surface area contributed by atoms with Gasteiger partial charge in [0.05, 0.1) is 23.3 Å². The van der Waals surface area contributed by atoms with E-state index >= 15 is 0 Å². The van der Waals surface area contributed by atoms with Crippen molar-refractivity contribution in [1.82, 2.24) is 14.8 Å². The van der Waals surface area contributed by atoms with Crippen molar-refractivity contribution >= 4 is 28.3 Å². The van der Waals surface area contributed by atoms with Gasteiger partial charge in [0.2, 0.25) is 5.91 Å². The number of esters is 1. The fourth-order valence-corrected chi connectivity index (χ4v) is 3.48. The molecular formula is C25H22N4O4. The zero-order chi connectivity index (χ0) is 23.2. The molecule has 0 unspecified atom stereocenters. The number of rotatable bonds is 7. The van der Waals surface area contributed by atoms with Crippen LogP contribution in [0.4, 0.5) is 5.69 Å². The van der Waals surface area contributed by atoms with Crippen molar-refractivity contribution in [3.63, 3.8) is 0 Å². The topological polar surface area (TPSA) is 103 Å². The smallest absolute Gasteiger partial charge is 0.338 e. The van der Waals surface area contributed by atoms with Gasteiger partial charge in [0, 0.05) is 29.9 Å². The van der Waals surface area contributed by atoms with E-state index in [1.165, 1.54) is 4.68 Å². The van der Waals surface area contributed by atoms with Crippen molar-refractivity contribution in [2.75, 3.05) is 11.9 Å². The number of pyridine rings is 1. The Morgan fingerprint density at radius 1 is 1.00 bits per heavy atom. The second-order valence-electron chi connectivity index (χ2n) is 7.34. The number of aromatic nitrogens is 3. The summed E-state index contributed by atoms with van der Waals surface area (Å²) in [5.41, 5.74) is 2.18. The third kappa shape index (κ3) is 5.12. The van der Waals surface area contributed by atoms with E-state index in [1.54, 1.807) is 55.7 Å². The normalized spacial score (nSPS) is 10.7. The fraction of sp³-hybridized carbons (Fsp3) is 0.160. The minimum Gasteiger partial charge on any atom is -0.462 e. The number of hydrogen-bond donors (Lipinski definition) is 1. The Balaban J connectivity index is 1.56. The van der Waals surface area contributed by atoms with Crippen LogP contribution in [0.3, 0.4) is 0 Å². The van der Waals surface area contributed by atoms with Gasteiger partial charge >= 0.3 is 5.97 Å². The van der Waals surface area contributed by atoms with Crippen LogP contribution in [0.1, 0.15) is 28.5 Å². The minimum atomic E-state index is -0.427. The number of hydrogen-bond acceptors (Lipinski definition) is 6. The van der Waals surface area contributed by atoms with E-state index in [2.05, 4.69) is 15.4 Å². The number of fused-ring (bicyclic) bond motifs is 1. The van der Waals surface area contributed by atoms with Gasteiger partial charge in [-0.25, -0.2) is 9.48 Å². The first kappa shape index (κ1) is 21.9. The van der Waals surface area contributed by atoms with E-state index in [0.29, 0.717) is 28.8 Å². The summed E-state index contributed by atoms with van der Waals surface area (Å²) < 4.78 is 6.13. The molecule has 2 aromatic carbocycles. The summed E-state index contributed by atoms with van der Waals surface area (Å²) >= 11 is 0. The van der Waals surface area contributed by atoms with E-state index in [1.807, 2.05) is 24.3 Å². The highest BCUT2D eigenvalue weighted by atomic mass is 16.5. The SMILES string of the molecule is CCOC(=O)c1ccc(NC(=O)Cn2nc(Cc3cccnc3)c3ccccc3c2=O)cc1. The van der Waals surface area contributed by atoms with Gasteiger partial charge in [-0.2, -0.15) is 5.10 Å². The number of benzene rings is 2. The number of amides is 1. The maximum absolute atomic E-state index is 13.0. The standard InChI is InChI=1S/C25H22N4O4/c1-2-33-25(32)18-9-11-19(12-10-18)27-23(30)16-29-24(31)21-8-4-3-7-20(21)22(28-29)14-17-6-5-13-26-15-17/h3-13,15H,2,14,16H2,1H3,(H,27,30). The molecule has 1 N–H and O–H groups in total. The molecule has 2 heterocycles. The molecule has 4 rings (SSSR count). The Morgan fingerprint density at radius 3 is 2.45 bits per heavy atom. The summed E-state index contributed by atoms with van der Waals surface area (Å²) in [6.07, 6.45) is 3.92. The highest BCUT2D eigenvalue weighted by Crippen LogP contribution is 2.17. The first-order valence-electron chi connectivity index (χ1n) is 10.5. The first-order chi connectivity index (χ1) is 16.0. The molecule has 8 heteroatoms. The van der Waals surface area contributed by atoms with Crippen molar-refractivity contribution in [1.29, 1.82) is 0 Å². The van der Waals surface area contributed by atoms with Crippen LogP contribution in [0.2, 0.25) is 0 Å². The Bertz CT molecular complexity index is 1350. The summed E-state index contributed by atoms with van der Waals surface area (Å²) in [6.45, 7) is 1.77. The van der Waals surface area contributed by atoms with Crippen LogP contribution in [-0.2, 0) is 22.5 Å². The molecule has 0 spiro atoms. The fourth-order valence-electron chi connectivity index (χ4n) is 3.48. The van der Waals surface area contributed by atoms with Crippen LogP contribution < -0.4 is 10.9 Å². The summed E-state index contributed by atoms with van der Waals surface area (Å²) in [5, 5.41) is 8.47. The second-order valence-corrected chi connectivity index (χ2v) is 7.34. The van der Waals surface area contributed by atoms with Crippen molar-refractivity contribution in [3.8, 4) is 0 Å². The molecule has 0 aliphatic heterocycles. The number of carbonyl (C=O) groups is 2. The predicted octanol–water partition coefficient (Wildman–Crippen LogP) is 3.20.